The maximum atomic E-state index is 13.3. The quantitative estimate of drug-likeness (QED) is 0.784. The highest BCUT2D eigenvalue weighted by Crippen LogP contribution is 2.27. The highest BCUT2D eigenvalue weighted by Gasteiger charge is 2.25. The number of hydrogen-bond donors (Lipinski definition) is 0. The number of carbonyl (C=O) groups excluding carboxylic acids is 1. The van der Waals surface area contributed by atoms with Crippen LogP contribution in [0.3, 0.4) is 0 Å². The molecule has 6 heteroatoms. The van der Waals surface area contributed by atoms with Crippen LogP contribution in [-0.2, 0) is 4.79 Å². The molecule has 1 aliphatic heterocycles. The van der Waals surface area contributed by atoms with Gasteiger partial charge in [-0.3, -0.25) is 9.20 Å². The molecule has 0 aliphatic carbocycles. The average Bonchev–Trinajstić information content (AvgIpc) is 2.81. The summed E-state index contributed by atoms with van der Waals surface area (Å²) in [6.07, 6.45) is 3.11. The van der Waals surface area contributed by atoms with Gasteiger partial charge in [0.05, 0.1) is 0 Å². The Morgan fingerprint density at radius 1 is 1.32 bits per heavy atom. The summed E-state index contributed by atoms with van der Waals surface area (Å²) in [5.74, 6) is 0.829. The van der Waals surface area contributed by atoms with Crippen molar-refractivity contribution in [1.82, 2.24) is 19.5 Å². The van der Waals surface area contributed by atoms with Crippen molar-refractivity contribution in [3.63, 3.8) is 0 Å². The predicted molar refractivity (Wildman–Crippen MR) is 67.2 cm³/mol. The lowest BCUT2D eigenvalue weighted by atomic mass is 9.96. The summed E-state index contributed by atoms with van der Waals surface area (Å²) in [4.78, 5) is 13.1. The van der Waals surface area contributed by atoms with Crippen molar-refractivity contribution in [2.75, 3.05) is 13.1 Å². The minimum absolute atomic E-state index is 0.107. The minimum Gasteiger partial charge on any atom is -0.343 e. The number of rotatable bonds is 1. The Morgan fingerprint density at radius 2 is 2.05 bits per heavy atom. The van der Waals surface area contributed by atoms with Gasteiger partial charge in [0.25, 0.3) is 0 Å². The largest absolute Gasteiger partial charge is 0.343 e. The summed E-state index contributed by atoms with van der Waals surface area (Å²) in [7, 11) is 0. The summed E-state index contributed by atoms with van der Waals surface area (Å²) in [6, 6.07) is 3.00. The Kier molecular flexibility index (Phi) is 2.93. The summed E-state index contributed by atoms with van der Waals surface area (Å²) < 4.78 is 15.0. The van der Waals surface area contributed by atoms with Gasteiger partial charge in [-0.15, -0.1) is 10.2 Å². The van der Waals surface area contributed by atoms with Crippen LogP contribution in [0.4, 0.5) is 4.39 Å². The van der Waals surface area contributed by atoms with E-state index in [4.69, 9.17) is 0 Å². The van der Waals surface area contributed by atoms with Gasteiger partial charge < -0.3 is 4.90 Å². The highest BCUT2D eigenvalue weighted by atomic mass is 19.1. The topological polar surface area (TPSA) is 50.5 Å². The van der Waals surface area contributed by atoms with Gasteiger partial charge in [-0.1, -0.05) is 0 Å². The molecule has 5 nitrogen and oxygen atoms in total. The predicted octanol–water partition coefficient (Wildman–Crippen LogP) is 1.59. The maximum Gasteiger partial charge on any atom is 0.219 e. The minimum atomic E-state index is -0.297. The van der Waals surface area contributed by atoms with Crippen molar-refractivity contribution in [1.29, 1.82) is 0 Å². The number of piperidine rings is 1. The van der Waals surface area contributed by atoms with Gasteiger partial charge in [0.1, 0.15) is 11.6 Å². The van der Waals surface area contributed by atoms with E-state index in [1.165, 1.54) is 12.3 Å². The molecule has 0 aromatic carbocycles. The van der Waals surface area contributed by atoms with Crippen LogP contribution in [0, 0.1) is 5.82 Å². The Bertz CT molecular complexity index is 616. The molecule has 1 amide bonds. The SMILES string of the molecule is CC(=O)N1CCC(c2nnc3ccc(F)cn23)CC1. The standard InChI is InChI=1S/C13H15FN4O/c1-9(19)17-6-4-10(5-7-17)13-16-15-12-3-2-11(14)8-18(12)13/h2-3,8,10H,4-7H2,1H3. The molecule has 0 unspecified atom stereocenters. The zero-order chi connectivity index (χ0) is 13.4. The third kappa shape index (κ3) is 2.18. The van der Waals surface area contributed by atoms with Gasteiger partial charge in [0.2, 0.25) is 5.91 Å². The van der Waals surface area contributed by atoms with E-state index in [-0.39, 0.29) is 17.6 Å². The molecule has 0 N–H and O–H groups in total. The molecule has 0 bridgehead atoms. The summed E-state index contributed by atoms with van der Waals surface area (Å²) in [5, 5.41) is 8.23. The number of pyridine rings is 1. The van der Waals surface area contributed by atoms with Crippen LogP contribution in [0.2, 0.25) is 0 Å². The zero-order valence-electron chi connectivity index (χ0n) is 10.7. The molecule has 2 aromatic heterocycles. The second-order valence-electron chi connectivity index (χ2n) is 4.91. The Morgan fingerprint density at radius 3 is 2.74 bits per heavy atom. The summed E-state index contributed by atoms with van der Waals surface area (Å²) in [5.41, 5.74) is 0.658. The van der Waals surface area contributed by atoms with Crippen LogP contribution in [0.5, 0.6) is 0 Å². The fourth-order valence-electron chi connectivity index (χ4n) is 2.61. The van der Waals surface area contributed by atoms with Crippen LogP contribution in [-0.4, -0.2) is 38.5 Å². The lowest BCUT2D eigenvalue weighted by Crippen LogP contribution is -2.36. The smallest absolute Gasteiger partial charge is 0.219 e. The van der Waals surface area contributed by atoms with E-state index in [0.29, 0.717) is 5.65 Å². The Balaban J connectivity index is 1.85. The lowest BCUT2D eigenvalue weighted by Gasteiger charge is -2.30. The van der Waals surface area contributed by atoms with Crippen molar-refractivity contribution in [2.24, 2.45) is 0 Å². The molecule has 0 atom stereocenters. The Labute approximate surface area is 110 Å². The molecular formula is C13H15FN4O. The molecule has 1 fully saturated rings. The third-order valence-corrected chi connectivity index (χ3v) is 3.70. The van der Waals surface area contributed by atoms with E-state index in [1.54, 1.807) is 17.4 Å². The number of nitrogens with zero attached hydrogens (tertiary/aromatic N) is 4. The molecule has 3 heterocycles. The molecule has 1 saturated heterocycles. The second-order valence-corrected chi connectivity index (χ2v) is 4.91. The summed E-state index contributed by atoms with van der Waals surface area (Å²) >= 11 is 0. The van der Waals surface area contributed by atoms with E-state index < -0.39 is 0 Å². The summed E-state index contributed by atoms with van der Waals surface area (Å²) in [6.45, 7) is 3.04. The number of amides is 1. The first-order valence-corrected chi connectivity index (χ1v) is 6.41. The van der Waals surface area contributed by atoms with Gasteiger partial charge in [-0.25, -0.2) is 4.39 Å². The van der Waals surface area contributed by atoms with E-state index in [0.717, 1.165) is 31.8 Å². The number of halogens is 1. The van der Waals surface area contributed by atoms with E-state index in [1.807, 2.05) is 4.90 Å². The second kappa shape index (κ2) is 4.60. The lowest BCUT2D eigenvalue weighted by molar-refractivity contribution is -0.129. The number of aromatic nitrogens is 3. The fourth-order valence-corrected chi connectivity index (χ4v) is 2.61. The normalized spacial score (nSPS) is 17.1. The molecule has 0 radical (unpaired) electrons. The van der Waals surface area contributed by atoms with Crippen LogP contribution in [0.25, 0.3) is 5.65 Å². The number of carbonyl (C=O) groups is 1. The van der Waals surface area contributed by atoms with Gasteiger partial charge >= 0.3 is 0 Å². The van der Waals surface area contributed by atoms with E-state index >= 15 is 0 Å². The van der Waals surface area contributed by atoms with Crippen molar-refractivity contribution in [3.8, 4) is 0 Å². The fraction of sp³-hybridized carbons (Fsp3) is 0.462. The molecular weight excluding hydrogens is 247 g/mol. The average molecular weight is 262 g/mol. The van der Waals surface area contributed by atoms with Crippen molar-refractivity contribution in [3.05, 3.63) is 30.0 Å². The van der Waals surface area contributed by atoms with Crippen LogP contribution in [0.15, 0.2) is 18.3 Å². The molecule has 2 aromatic rings. The van der Waals surface area contributed by atoms with Gasteiger partial charge in [0.15, 0.2) is 5.65 Å². The third-order valence-electron chi connectivity index (χ3n) is 3.70. The molecule has 19 heavy (non-hydrogen) atoms. The van der Waals surface area contributed by atoms with Crippen molar-refractivity contribution in [2.45, 2.75) is 25.7 Å². The first-order chi connectivity index (χ1) is 9.15. The highest BCUT2D eigenvalue weighted by molar-refractivity contribution is 5.73. The van der Waals surface area contributed by atoms with Gasteiger partial charge in [-0.05, 0) is 25.0 Å². The number of likely N-dealkylation sites (tertiary alicyclic amines) is 1. The van der Waals surface area contributed by atoms with Crippen molar-refractivity contribution < 1.29 is 9.18 Å². The zero-order valence-corrected chi connectivity index (χ0v) is 10.7. The van der Waals surface area contributed by atoms with Crippen LogP contribution >= 0.6 is 0 Å². The number of fused-ring (bicyclic) bond motifs is 1. The molecule has 3 rings (SSSR count). The molecule has 0 spiro atoms. The molecule has 1 aliphatic rings. The first kappa shape index (κ1) is 12.1. The van der Waals surface area contributed by atoms with Crippen LogP contribution in [0.1, 0.15) is 31.5 Å². The van der Waals surface area contributed by atoms with E-state index in [9.17, 15) is 9.18 Å². The van der Waals surface area contributed by atoms with E-state index in [2.05, 4.69) is 10.2 Å². The number of hydrogen-bond acceptors (Lipinski definition) is 3. The maximum absolute atomic E-state index is 13.3. The van der Waals surface area contributed by atoms with Crippen LogP contribution < -0.4 is 0 Å². The van der Waals surface area contributed by atoms with Gasteiger partial charge in [-0.2, -0.15) is 0 Å². The molecule has 0 saturated carbocycles. The first-order valence-electron chi connectivity index (χ1n) is 6.41. The monoisotopic (exact) mass is 262 g/mol. The van der Waals surface area contributed by atoms with Crippen molar-refractivity contribution >= 4 is 11.6 Å². The molecule has 100 valence electrons. The Hall–Kier alpha value is -1.98. The van der Waals surface area contributed by atoms with Gasteiger partial charge in [0, 0.05) is 32.1 Å².